The van der Waals surface area contributed by atoms with Crippen molar-refractivity contribution in [2.75, 3.05) is 0 Å². The van der Waals surface area contributed by atoms with Crippen LogP contribution in [0.4, 0.5) is 5.69 Å². The predicted octanol–water partition coefficient (Wildman–Crippen LogP) is 3.13. The van der Waals surface area contributed by atoms with E-state index in [0.717, 1.165) is 4.70 Å². The number of carbonyl (C=O) groups is 1. The van der Waals surface area contributed by atoms with Crippen molar-refractivity contribution in [3.63, 3.8) is 0 Å². The van der Waals surface area contributed by atoms with Gasteiger partial charge in [0, 0.05) is 12.1 Å². The molecule has 1 amide bonds. The average molecular weight is 378 g/mol. The van der Waals surface area contributed by atoms with Crippen LogP contribution in [0, 0.1) is 22.5 Å². The number of amides is 1. The fraction of sp³-hybridized carbons (Fsp3) is 0.0556. The van der Waals surface area contributed by atoms with Crippen LogP contribution in [0.15, 0.2) is 51.9 Å². The molecule has 0 bridgehead atoms. The second-order valence-electron chi connectivity index (χ2n) is 5.49. The number of nitrogens with zero attached hydrogens (tertiary/aromatic N) is 4. The molecular formula is C18H10N4O4S. The van der Waals surface area contributed by atoms with Crippen LogP contribution in [0.25, 0.3) is 21.3 Å². The van der Waals surface area contributed by atoms with E-state index in [4.69, 9.17) is 10.8 Å². The van der Waals surface area contributed by atoms with E-state index < -0.39 is 10.8 Å². The summed E-state index contributed by atoms with van der Waals surface area (Å²) in [6, 6.07) is 11.4. The maximum atomic E-state index is 12.5. The highest BCUT2D eigenvalue weighted by Crippen LogP contribution is 2.23. The number of terminal acetylenes is 1. The molecule has 0 spiro atoms. The van der Waals surface area contributed by atoms with Gasteiger partial charge in [-0.15, -0.1) is 6.42 Å². The summed E-state index contributed by atoms with van der Waals surface area (Å²) in [4.78, 5) is 31.6. The molecule has 27 heavy (non-hydrogen) atoms. The Balaban J connectivity index is 1.86. The number of hydrogen-bond acceptors (Lipinski definition) is 6. The molecule has 0 aliphatic carbocycles. The molecule has 0 unspecified atom stereocenters. The molecule has 0 aliphatic rings. The van der Waals surface area contributed by atoms with E-state index >= 15 is 0 Å². The number of rotatable bonds is 3. The van der Waals surface area contributed by atoms with Crippen molar-refractivity contribution in [1.29, 1.82) is 0 Å². The van der Waals surface area contributed by atoms with Gasteiger partial charge >= 0.3 is 5.91 Å². The summed E-state index contributed by atoms with van der Waals surface area (Å²) >= 11 is 1.20. The van der Waals surface area contributed by atoms with Gasteiger partial charge in [-0.05, 0) is 18.2 Å². The SMILES string of the molecule is C#CCn1c(=NC(=O)c2nc3ccccc3o2)sc2ccc([N+](=O)[O-])cc21. The fourth-order valence-corrected chi connectivity index (χ4v) is 3.61. The van der Waals surface area contributed by atoms with Crippen LogP contribution < -0.4 is 4.80 Å². The summed E-state index contributed by atoms with van der Waals surface area (Å²) in [5.41, 5.74) is 1.51. The van der Waals surface area contributed by atoms with Crippen molar-refractivity contribution in [3.8, 4) is 12.3 Å². The summed E-state index contributed by atoms with van der Waals surface area (Å²) in [6.07, 6.45) is 5.41. The summed E-state index contributed by atoms with van der Waals surface area (Å²) in [7, 11) is 0. The van der Waals surface area contributed by atoms with Crippen LogP contribution in [-0.4, -0.2) is 20.4 Å². The Morgan fingerprint density at radius 1 is 1.37 bits per heavy atom. The van der Waals surface area contributed by atoms with Gasteiger partial charge in [0.1, 0.15) is 5.52 Å². The highest BCUT2D eigenvalue weighted by molar-refractivity contribution is 7.16. The first-order valence-electron chi connectivity index (χ1n) is 7.72. The van der Waals surface area contributed by atoms with Gasteiger partial charge in [0.05, 0.1) is 21.7 Å². The van der Waals surface area contributed by atoms with Crippen LogP contribution in [-0.2, 0) is 6.54 Å². The third kappa shape index (κ3) is 2.98. The van der Waals surface area contributed by atoms with Gasteiger partial charge in [0.2, 0.25) is 0 Å². The van der Waals surface area contributed by atoms with Gasteiger partial charge in [-0.1, -0.05) is 29.4 Å². The van der Waals surface area contributed by atoms with Gasteiger partial charge in [-0.3, -0.25) is 14.9 Å². The second-order valence-corrected chi connectivity index (χ2v) is 6.50. The number of fused-ring (bicyclic) bond motifs is 2. The third-order valence-corrected chi connectivity index (χ3v) is 4.86. The van der Waals surface area contributed by atoms with Crippen molar-refractivity contribution in [2.24, 2.45) is 4.99 Å². The molecule has 4 rings (SSSR count). The molecule has 0 atom stereocenters. The molecule has 2 heterocycles. The molecule has 0 radical (unpaired) electrons. The topological polar surface area (TPSA) is 104 Å². The summed E-state index contributed by atoms with van der Waals surface area (Å²) in [5.74, 6) is 1.69. The van der Waals surface area contributed by atoms with Gasteiger partial charge < -0.3 is 8.98 Å². The Hall–Kier alpha value is -3.77. The lowest BCUT2D eigenvalue weighted by Crippen LogP contribution is -2.16. The first-order chi connectivity index (χ1) is 13.1. The largest absolute Gasteiger partial charge is 0.432 e. The van der Waals surface area contributed by atoms with Crippen LogP contribution in [0.1, 0.15) is 10.7 Å². The fourth-order valence-electron chi connectivity index (χ4n) is 2.60. The first kappa shape index (κ1) is 16.7. The number of non-ortho nitro benzene ring substituents is 1. The molecule has 2 aromatic carbocycles. The Morgan fingerprint density at radius 3 is 2.93 bits per heavy atom. The van der Waals surface area contributed by atoms with Gasteiger partial charge in [0.25, 0.3) is 11.6 Å². The Labute approximate surface area is 155 Å². The molecule has 0 fully saturated rings. The molecule has 0 saturated carbocycles. The Morgan fingerprint density at radius 2 is 2.19 bits per heavy atom. The zero-order chi connectivity index (χ0) is 19.0. The molecule has 0 saturated heterocycles. The monoisotopic (exact) mass is 378 g/mol. The summed E-state index contributed by atoms with van der Waals surface area (Å²) < 4.78 is 7.74. The Bertz CT molecular complexity index is 1290. The smallest absolute Gasteiger partial charge is 0.335 e. The van der Waals surface area contributed by atoms with E-state index in [1.54, 1.807) is 34.9 Å². The van der Waals surface area contributed by atoms with Crippen LogP contribution in [0.2, 0.25) is 0 Å². The highest BCUT2D eigenvalue weighted by atomic mass is 32.1. The van der Waals surface area contributed by atoms with E-state index in [-0.39, 0.29) is 18.1 Å². The molecule has 0 N–H and O–H groups in total. The number of hydrogen-bond donors (Lipinski definition) is 0. The molecule has 9 heteroatoms. The minimum atomic E-state index is -0.655. The lowest BCUT2D eigenvalue weighted by atomic mass is 10.3. The molecular weight excluding hydrogens is 368 g/mol. The first-order valence-corrected chi connectivity index (χ1v) is 8.54. The number of aromatic nitrogens is 2. The number of para-hydroxylation sites is 2. The highest BCUT2D eigenvalue weighted by Gasteiger charge is 2.16. The van der Waals surface area contributed by atoms with E-state index in [1.165, 1.54) is 23.5 Å². The normalized spacial score (nSPS) is 11.7. The summed E-state index contributed by atoms with van der Waals surface area (Å²) in [5, 5.41) is 11.0. The predicted molar refractivity (Wildman–Crippen MR) is 99.2 cm³/mol. The minimum absolute atomic E-state index is 0.0668. The maximum Gasteiger partial charge on any atom is 0.335 e. The second kappa shape index (κ2) is 6.51. The van der Waals surface area contributed by atoms with Crippen molar-refractivity contribution < 1.29 is 14.1 Å². The standard InChI is InChI=1S/C18H10N4O4S/c1-2-9-21-13-10-11(22(24)25)7-8-15(13)27-18(21)20-16(23)17-19-12-5-3-4-6-14(12)26-17/h1,3-8,10H,9H2. The van der Waals surface area contributed by atoms with Crippen molar-refractivity contribution in [3.05, 3.63) is 63.3 Å². The van der Waals surface area contributed by atoms with Crippen molar-refractivity contribution in [2.45, 2.75) is 6.54 Å². The molecule has 4 aromatic rings. The Kier molecular flexibility index (Phi) is 4.02. The van der Waals surface area contributed by atoms with E-state index in [1.807, 2.05) is 0 Å². The maximum absolute atomic E-state index is 12.5. The lowest BCUT2D eigenvalue weighted by Gasteiger charge is -1.99. The number of carbonyl (C=O) groups excluding carboxylic acids is 1. The lowest BCUT2D eigenvalue weighted by molar-refractivity contribution is -0.384. The van der Waals surface area contributed by atoms with Gasteiger partial charge in [-0.25, -0.2) is 4.98 Å². The number of oxazole rings is 1. The van der Waals surface area contributed by atoms with Crippen molar-refractivity contribution in [1.82, 2.24) is 9.55 Å². The number of benzene rings is 2. The van der Waals surface area contributed by atoms with Gasteiger partial charge in [-0.2, -0.15) is 4.99 Å². The molecule has 8 nitrogen and oxygen atoms in total. The number of thiazole rings is 1. The van der Waals surface area contributed by atoms with Gasteiger partial charge in [0.15, 0.2) is 10.4 Å². The summed E-state index contributed by atoms with van der Waals surface area (Å²) in [6.45, 7) is 0.112. The molecule has 132 valence electrons. The number of nitro benzene ring substituents is 1. The molecule has 2 aromatic heterocycles. The minimum Gasteiger partial charge on any atom is -0.432 e. The van der Waals surface area contributed by atoms with Crippen LogP contribution >= 0.6 is 11.3 Å². The van der Waals surface area contributed by atoms with Crippen LogP contribution in [0.3, 0.4) is 0 Å². The van der Waals surface area contributed by atoms with E-state index in [2.05, 4.69) is 15.9 Å². The van der Waals surface area contributed by atoms with E-state index in [9.17, 15) is 14.9 Å². The quantitative estimate of drug-likeness (QED) is 0.309. The zero-order valence-electron chi connectivity index (χ0n) is 13.7. The molecule has 0 aliphatic heterocycles. The average Bonchev–Trinajstić information content (AvgIpc) is 3.23. The third-order valence-electron chi connectivity index (χ3n) is 3.80. The van der Waals surface area contributed by atoms with E-state index in [0.29, 0.717) is 21.4 Å². The van der Waals surface area contributed by atoms with Crippen LogP contribution in [0.5, 0.6) is 0 Å². The zero-order valence-corrected chi connectivity index (χ0v) is 14.5. The van der Waals surface area contributed by atoms with Crippen molar-refractivity contribution >= 4 is 44.2 Å². The number of nitro groups is 1.